The minimum atomic E-state index is -0.654. The number of benzene rings is 2. The Kier molecular flexibility index (Phi) is 5.28. The molecule has 166 valence electrons. The van der Waals surface area contributed by atoms with Crippen LogP contribution < -0.4 is 4.74 Å². The zero-order valence-corrected chi connectivity index (χ0v) is 18.0. The highest BCUT2D eigenvalue weighted by molar-refractivity contribution is 5.99. The van der Waals surface area contributed by atoms with Crippen LogP contribution in [-0.4, -0.2) is 45.6 Å². The number of imidazole rings is 1. The van der Waals surface area contributed by atoms with E-state index in [-0.39, 0.29) is 17.9 Å². The molecule has 0 bridgehead atoms. The van der Waals surface area contributed by atoms with Crippen LogP contribution in [0.1, 0.15) is 29.7 Å². The van der Waals surface area contributed by atoms with Gasteiger partial charge >= 0.3 is 0 Å². The number of amidine groups is 1. The Morgan fingerprint density at radius 2 is 1.91 bits per heavy atom. The molecule has 32 heavy (non-hydrogen) atoms. The van der Waals surface area contributed by atoms with Gasteiger partial charge < -0.3 is 19.0 Å². The fraction of sp³-hybridized carbons (Fsp3) is 0.333. The minimum absolute atomic E-state index is 0.0983. The molecule has 0 amide bonds. The van der Waals surface area contributed by atoms with E-state index in [0.717, 1.165) is 53.8 Å². The Balaban J connectivity index is 1.39. The van der Waals surface area contributed by atoms with Gasteiger partial charge in [-0.2, -0.15) is 0 Å². The molecule has 8 heteroatoms. The van der Waals surface area contributed by atoms with Crippen molar-refractivity contribution < 1.29 is 18.4 Å². The van der Waals surface area contributed by atoms with Crippen molar-refractivity contribution in [3.05, 3.63) is 77.4 Å². The van der Waals surface area contributed by atoms with E-state index in [1.54, 1.807) is 6.33 Å². The standard InChI is InChI=1S/C24H24F2N4O2/c1-15-8-17(5-6-21(15)29-12-16(2)27-14-29)24-28-31-13-22-23(4-3-7-30(22)24)32-20-10-18(25)9-19(26)11-20/h5-6,8-12,14,22-23H,3-4,7,13H2,1-2H3/t22-,23-/m0/s1. The van der Waals surface area contributed by atoms with E-state index in [9.17, 15) is 8.78 Å². The lowest BCUT2D eigenvalue weighted by Gasteiger charge is -2.43. The van der Waals surface area contributed by atoms with Crippen LogP contribution in [0.15, 0.2) is 54.1 Å². The third kappa shape index (κ3) is 3.92. The van der Waals surface area contributed by atoms with Crippen molar-refractivity contribution in [1.29, 1.82) is 0 Å². The van der Waals surface area contributed by atoms with Crippen molar-refractivity contribution in [1.82, 2.24) is 14.5 Å². The third-order valence-electron chi connectivity index (χ3n) is 5.95. The molecule has 0 radical (unpaired) electrons. The van der Waals surface area contributed by atoms with E-state index in [2.05, 4.69) is 28.0 Å². The summed E-state index contributed by atoms with van der Waals surface area (Å²) in [7, 11) is 0. The van der Waals surface area contributed by atoms with Gasteiger partial charge in [0.2, 0.25) is 0 Å². The van der Waals surface area contributed by atoms with Gasteiger partial charge in [0, 0.05) is 42.2 Å². The number of fused-ring (bicyclic) bond motifs is 1. The number of hydrogen-bond acceptors (Lipinski definition) is 5. The van der Waals surface area contributed by atoms with E-state index in [4.69, 9.17) is 9.57 Å². The Hall–Kier alpha value is -3.42. The number of aryl methyl sites for hydroxylation is 2. The molecule has 2 aliphatic heterocycles. The van der Waals surface area contributed by atoms with Gasteiger partial charge in [-0.25, -0.2) is 13.8 Å². The zero-order chi connectivity index (χ0) is 22.2. The van der Waals surface area contributed by atoms with Crippen LogP contribution in [0.3, 0.4) is 0 Å². The second-order valence-electron chi connectivity index (χ2n) is 8.30. The van der Waals surface area contributed by atoms with E-state index in [0.29, 0.717) is 6.61 Å². The maximum Gasteiger partial charge on any atom is 0.175 e. The minimum Gasteiger partial charge on any atom is -0.488 e. The summed E-state index contributed by atoms with van der Waals surface area (Å²) < 4.78 is 35.2. The zero-order valence-electron chi connectivity index (χ0n) is 18.0. The maximum atomic E-state index is 13.6. The molecule has 0 spiro atoms. The average Bonchev–Trinajstić information content (AvgIpc) is 3.19. The summed E-state index contributed by atoms with van der Waals surface area (Å²) in [5.41, 5.74) is 4.05. The average molecular weight is 438 g/mol. The van der Waals surface area contributed by atoms with Gasteiger partial charge in [0.15, 0.2) is 5.84 Å². The van der Waals surface area contributed by atoms with Gasteiger partial charge in [0.05, 0.1) is 12.0 Å². The van der Waals surface area contributed by atoms with Crippen LogP contribution in [0.25, 0.3) is 5.69 Å². The Labute approximate surface area is 185 Å². The van der Waals surface area contributed by atoms with Crippen molar-refractivity contribution in [3.8, 4) is 11.4 Å². The van der Waals surface area contributed by atoms with Crippen molar-refractivity contribution in [2.24, 2.45) is 5.16 Å². The fourth-order valence-electron chi connectivity index (χ4n) is 4.47. The number of nitrogens with zero attached hydrogens (tertiary/aromatic N) is 4. The highest BCUT2D eigenvalue weighted by Crippen LogP contribution is 2.29. The molecule has 5 rings (SSSR count). The van der Waals surface area contributed by atoms with Gasteiger partial charge in [-0.15, -0.1) is 0 Å². The van der Waals surface area contributed by atoms with Gasteiger partial charge in [0.25, 0.3) is 0 Å². The molecular weight excluding hydrogens is 414 g/mol. The van der Waals surface area contributed by atoms with Gasteiger partial charge in [-0.3, -0.25) is 0 Å². The first kappa shape index (κ1) is 20.5. The summed E-state index contributed by atoms with van der Waals surface area (Å²) in [6, 6.07) is 9.31. The molecule has 3 heterocycles. The number of aromatic nitrogens is 2. The molecule has 2 aliphatic rings. The maximum absolute atomic E-state index is 13.6. The Bertz CT molecular complexity index is 1160. The predicted octanol–water partition coefficient (Wildman–Crippen LogP) is 4.37. The van der Waals surface area contributed by atoms with Gasteiger partial charge in [-0.1, -0.05) is 5.16 Å². The number of piperidine rings is 1. The van der Waals surface area contributed by atoms with Crippen LogP contribution >= 0.6 is 0 Å². The molecule has 6 nitrogen and oxygen atoms in total. The van der Waals surface area contributed by atoms with E-state index in [1.165, 1.54) is 12.1 Å². The molecule has 0 saturated carbocycles. The van der Waals surface area contributed by atoms with Crippen molar-refractivity contribution in [3.63, 3.8) is 0 Å². The summed E-state index contributed by atoms with van der Waals surface area (Å²) in [5.74, 6) is -0.373. The monoisotopic (exact) mass is 438 g/mol. The first-order valence-electron chi connectivity index (χ1n) is 10.7. The lowest BCUT2D eigenvalue weighted by molar-refractivity contribution is -0.0160. The summed E-state index contributed by atoms with van der Waals surface area (Å²) in [4.78, 5) is 12.1. The van der Waals surface area contributed by atoms with Crippen molar-refractivity contribution in [2.45, 2.75) is 38.8 Å². The lowest BCUT2D eigenvalue weighted by Crippen LogP contribution is -2.57. The van der Waals surface area contributed by atoms with Crippen molar-refractivity contribution >= 4 is 5.84 Å². The van der Waals surface area contributed by atoms with E-state index < -0.39 is 11.6 Å². The number of oxime groups is 1. The Morgan fingerprint density at radius 1 is 1.09 bits per heavy atom. The normalized spacial score (nSPS) is 20.4. The number of rotatable bonds is 4. The lowest BCUT2D eigenvalue weighted by atomic mass is 9.96. The first-order valence-corrected chi connectivity index (χ1v) is 10.7. The van der Waals surface area contributed by atoms with Gasteiger partial charge in [0.1, 0.15) is 36.1 Å². The molecule has 0 N–H and O–H groups in total. The van der Waals surface area contributed by atoms with Crippen molar-refractivity contribution in [2.75, 3.05) is 13.2 Å². The summed E-state index contributed by atoms with van der Waals surface area (Å²) >= 11 is 0. The molecule has 1 saturated heterocycles. The summed E-state index contributed by atoms with van der Waals surface area (Å²) in [6.07, 6.45) is 5.18. The number of ether oxygens (including phenoxy) is 1. The third-order valence-corrected chi connectivity index (χ3v) is 5.95. The second-order valence-corrected chi connectivity index (χ2v) is 8.30. The smallest absolute Gasteiger partial charge is 0.175 e. The van der Waals surface area contributed by atoms with Gasteiger partial charge in [-0.05, 0) is 50.5 Å². The summed E-state index contributed by atoms with van der Waals surface area (Å²) in [6.45, 7) is 5.18. The van der Waals surface area contributed by atoms with E-state index in [1.807, 2.05) is 29.8 Å². The molecule has 3 aromatic rings. The largest absolute Gasteiger partial charge is 0.488 e. The van der Waals surface area contributed by atoms with E-state index >= 15 is 0 Å². The quantitative estimate of drug-likeness (QED) is 0.607. The molecule has 1 fully saturated rings. The predicted molar refractivity (Wildman–Crippen MR) is 116 cm³/mol. The van der Waals surface area contributed by atoms with Crippen LogP contribution in [0.5, 0.6) is 5.75 Å². The van der Waals surface area contributed by atoms with Crippen LogP contribution in [0.4, 0.5) is 8.78 Å². The SMILES string of the molecule is Cc1cn(-c2ccc(C3=NOC[C@H]4[C@@H](Oc5cc(F)cc(F)c5)CCCN34)cc2C)cn1. The topological polar surface area (TPSA) is 51.9 Å². The second kappa shape index (κ2) is 8.26. The molecular formula is C24H24F2N4O2. The number of halogens is 2. The molecule has 1 aromatic heterocycles. The highest BCUT2D eigenvalue weighted by atomic mass is 19.1. The molecule has 0 aliphatic carbocycles. The van der Waals surface area contributed by atoms with Crippen LogP contribution in [0, 0.1) is 25.5 Å². The fourth-order valence-corrected chi connectivity index (χ4v) is 4.47. The summed E-state index contributed by atoms with van der Waals surface area (Å²) in [5, 5.41) is 4.35. The highest BCUT2D eigenvalue weighted by Gasteiger charge is 2.38. The molecule has 2 atom stereocenters. The first-order chi connectivity index (χ1) is 15.5. The Morgan fingerprint density at radius 3 is 2.62 bits per heavy atom. The molecule has 2 aromatic carbocycles. The van der Waals surface area contributed by atoms with Crippen LogP contribution in [0.2, 0.25) is 0 Å². The number of hydrogen-bond donors (Lipinski definition) is 0. The van der Waals surface area contributed by atoms with Crippen LogP contribution in [-0.2, 0) is 4.84 Å². The molecule has 0 unspecified atom stereocenters.